The van der Waals surface area contributed by atoms with E-state index in [4.69, 9.17) is 10.5 Å². The Balaban J connectivity index is 1.93. The van der Waals surface area contributed by atoms with Crippen molar-refractivity contribution >= 4 is 11.4 Å². The summed E-state index contributed by atoms with van der Waals surface area (Å²) in [7, 11) is 1.52. The van der Waals surface area contributed by atoms with E-state index in [1.165, 1.54) is 7.11 Å². The number of aromatic nitrogens is 3. The molecule has 2 aromatic carbocycles. The second-order valence-electron chi connectivity index (χ2n) is 5.00. The van der Waals surface area contributed by atoms with Gasteiger partial charge in [-0.2, -0.15) is 0 Å². The van der Waals surface area contributed by atoms with Gasteiger partial charge >= 0.3 is 0 Å². The number of nitrogen functional groups attached to an aromatic ring is 1. The predicted octanol–water partition coefficient (Wildman–Crippen LogP) is 2.04. The van der Waals surface area contributed by atoms with E-state index in [9.17, 15) is 5.11 Å². The van der Waals surface area contributed by atoms with E-state index in [0.717, 1.165) is 11.3 Å². The molecular formula is C16H17N5O2. The van der Waals surface area contributed by atoms with Crippen molar-refractivity contribution in [1.29, 1.82) is 0 Å². The highest BCUT2D eigenvalue weighted by molar-refractivity contribution is 5.53. The zero-order chi connectivity index (χ0) is 16.2. The van der Waals surface area contributed by atoms with Gasteiger partial charge in [0.1, 0.15) is 12.7 Å². The molecule has 0 saturated carbocycles. The molecule has 0 saturated heterocycles. The molecule has 0 atom stereocenters. The fourth-order valence-corrected chi connectivity index (χ4v) is 2.28. The number of benzene rings is 2. The molecular weight excluding hydrogens is 294 g/mol. The van der Waals surface area contributed by atoms with Crippen LogP contribution in [0, 0.1) is 0 Å². The van der Waals surface area contributed by atoms with Gasteiger partial charge in [-0.3, -0.25) is 5.01 Å². The van der Waals surface area contributed by atoms with Gasteiger partial charge in [-0.15, -0.1) is 10.2 Å². The maximum atomic E-state index is 9.95. The zero-order valence-corrected chi connectivity index (χ0v) is 12.6. The number of ether oxygens (including phenoxy) is 1. The number of aromatic hydroxyl groups is 1. The molecule has 0 aliphatic carbocycles. The summed E-state index contributed by atoms with van der Waals surface area (Å²) in [6.07, 6.45) is 3.22. The first kappa shape index (κ1) is 14.7. The number of methoxy groups -OCH3 is 1. The lowest BCUT2D eigenvalue weighted by Crippen LogP contribution is -2.27. The molecule has 1 heterocycles. The monoisotopic (exact) mass is 311 g/mol. The Morgan fingerprint density at radius 3 is 2.43 bits per heavy atom. The van der Waals surface area contributed by atoms with Crippen LogP contribution in [0.2, 0.25) is 0 Å². The summed E-state index contributed by atoms with van der Waals surface area (Å²) in [4.78, 5) is 0. The van der Waals surface area contributed by atoms with Gasteiger partial charge in [0.15, 0.2) is 11.5 Å². The third-order valence-corrected chi connectivity index (χ3v) is 3.45. The summed E-state index contributed by atoms with van der Waals surface area (Å²) in [5.41, 5.74) is 8.28. The summed E-state index contributed by atoms with van der Waals surface area (Å²) in [6.45, 7) is 0.513. The number of phenolic OH excluding ortho intramolecular Hbond substituents is 1. The fourth-order valence-electron chi connectivity index (χ4n) is 2.28. The van der Waals surface area contributed by atoms with E-state index in [-0.39, 0.29) is 5.75 Å². The Morgan fingerprint density at radius 1 is 1.13 bits per heavy atom. The van der Waals surface area contributed by atoms with Crippen molar-refractivity contribution in [3.63, 3.8) is 0 Å². The Morgan fingerprint density at radius 2 is 1.83 bits per heavy atom. The van der Waals surface area contributed by atoms with Crippen molar-refractivity contribution in [1.82, 2.24) is 14.9 Å². The number of nitrogens with two attached hydrogens (primary N) is 1. The number of nitrogens with zero attached hydrogens (tertiary/aromatic N) is 4. The van der Waals surface area contributed by atoms with Crippen molar-refractivity contribution in [2.24, 2.45) is 0 Å². The first-order valence-electron chi connectivity index (χ1n) is 7.01. The molecule has 23 heavy (non-hydrogen) atoms. The molecule has 0 aliphatic rings. The topological polar surface area (TPSA) is 89.4 Å². The van der Waals surface area contributed by atoms with Gasteiger partial charge in [-0.1, -0.05) is 6.07 Å². The van der Waals surface area contributed by atoms with Crippen LogP contribution >= 0.6 is 0 Å². The normalized spacial score (nSPS) is 10.5. The third kappa shape index (κ3) is 3.18. The molecule has 0 spiro atoms. The number of hydrogen-bond donors (Lipinski definition) is 2. The molecule has 3 N–H and O–H groups in total. The lowest BCUT2D eigenvalue weighted by Gasteiger charge is -2.25. The highest BCUT2D eigenvalue weighted by Crippen LogP contribution is 2.28. The second-order valence-corrected chi connectivity index (χ2v) is 5.00. The number of anilines is 2. The van der Waals surface area contributed by atoms with Crippen molar-refractivity contribution in [3.05, 3.63) is 60.7 Å². The smallest absolute Gasteiger partial charge is 0.160 e. The Hall–Kier alpha value is -3.22. The van der Waals surface area contributed by atoms with Gasteiger partial charge < -0.3 is 15.6 Å². The minimum Gasteiger partial charge on any atom is -0.504 e. The summed E-state index contributed by atoms with van der Waals surface area (Å²) >= 11 is 0. The van der Waals surface area contributed by atoms with Gasteiger partial charge in [-0.05, 0) is 42.0 Å². The Labute approximate surface area is 133 Å². The molecule has 0 amide bonds. The van der Waals surface area contributed by atoms with Gasteiger partial charge in [0, 0.05) is 5.69 Å². The maximum absolute atomic E-state index is 9.95. The number of rotatable bonds is 5. The summed E-state index contributed by atoms with van der Waals surface area (Å²) in [6, 6.07) is 12.8. The average Bonchev–Trinajstić information content (AvgIpc) is 3.08. The van der Waals surface area contributed by atoms with Crippen LogP contribution in [0.4, 0.5) is 11.4 Å². The quantitative estimate of drug-likeness (QED) is 0.701. The first-order chi connectivity index (χ1) is 11.2. The van der Waals surface area contributed by atoms with Gasteiger partial charge in [0.25, 0.3) is 0 Å². The SMILES string of the molecule is COc1ccc(CN(c2ccc(N)cc2)n2cnnc2)cc1O. The van der Waals surface area contributed by atoms with Crippen molar-refractivity contribution in [2.45, 2.75) is 6.54 Å². The van der Waals surface area contributed by atoms with Crippen molar-refractivity contribution in [2.75, 3.05) is 17.9 Å². The highest BCUT2D eigenvalue weighted by atomic mass is 16.5. The maximum Gasteiger partial charge on any atom is 0.160 e. The highest BCUT2D eigenvalue weighted by Gasteiger charge is 2.11. The Bertz CT molecular complexity index is 772. The minimum atomic E-state index is 0.103. The largest absolute Gasteiger partial charge is 0.504 e. The minimum absolute atomic E-state index is 0.103. The molecule has 7 heteroatoms. The Kier molecular flexibility index (Phi) is 4.01. The predicted molar refractivity (Wildman–Crippen MR) is 87.1 cm³/mol. The average molecular weight is 311 g/mol. The third-order valence-electron chi connectivity index (χ3n) is 3.45. The molecule has 0 unspecified atom stereocenters. The number of hydrogen-bond acceptors (Lipinski definition) is 6. The van der Waals surface area contributed by atoms with Gasteiger partial charge in [-0.25, -0.2) is 4.68 Å². The molecule has 0 aliphatic heterocycles. The standard InChI is InChI=1S/C16H17N5O2/c1-23-16-7-2-12(8-15(16)22)9-21(20-10-18-19-11-20)14-5-3-13(17)4-6-14/h2-8,10-11,22H,9,17H2,1H3. The van der Waals surface area contributed by atoms with E-state index in [2.05, 4.69) is 10.2 Å². The van der Waals surface area contributed by atoms with Crippen LogP contribution in [-0.4, -0.2) is 27.1 Å². The second kappa shape index (κ2) is 6.27. The van der Waals surface area contributed by atoms with E-state index < -0.39 is 0 Å². The van der Waals surface area contributed by atoms with Crippen molar-refractivity contribution < 1.29 is 9.84 Å². The van der Waals surface area contributed by atoms with E-state index >= 15 is 0 Å². The molecule has 3 rings (SSSR count). The molecule has 1 aromatic heterocycles. The molecule has 3 aromatic rings. The van der Waals surface area contributed by atoms with E-state index in [1.54, 1.807) is 29.5 Å². The van der Waals surface area contributed by atoms with Crippen LogP contribution in [0.15, 0.2) is 55.1 Å². The first-order valence-corrected chi connectivity index (χ1v) is 7.01. The van der Waals surface area contributed by atoms with Crippen LogP contribution in [0.25, 0.3) is 0 Å². The van der Waals surface area contributed by atoms with Crippen LogP contribution in [0.3, 0.4) is 0 Å². The van der Waals surface area contributed by atoms with Gasteiger partial charge in [0.2, 0.25) is 0 Å². The molecule has 0 radical (unpaired) electrons. The molecule has 118 valence electrons. The summed E-state index contributed by atoms with van der Waals surface area (Å²) in [5.74, 6) is 0.545. The van der Waals surface area contributed by atoms with Crippen LogP contribution < -0.4 is 15.5 Å². The summed E-state index contributed by atoms with van der Waals surface area (Å²) < 4.78 is 6.84. The van der Waals surface area contributed by atoms with E-state index in [0.29, 0.717) is 18.0 Å². The lowest BCUT2D eigenvalue weighted by atomic mass is 10.2. The molecule has 0 bridgehead atoms. The van der Waals surface area contributed by atoms with Crippen LogP contribution in [-0.2, 0) is 6.54 Å². The lowest BCUT2D eigenvalue weighted by molar-refractivity contribution is 0.373. The molecule has 0 fully saturated rings. The van der Waals surface area contributed by atoms with Crippen LogP contribution in [0.5, 0.6) is 11.5 Å². The van der Waals surface area contributed by atoms with Crippen LogP contribution in [0.1, 0.15) is 5.56 Å². The van der Waals surface area contributed by atoms with E-state index in [1.807, 2.05) is 35.3 Å². The zero-order valence-electron chi connectivity index (χ0n) is 12.6. The summed E-state index contributed by atoms with van der Waals surface area (Å²) in [5, 5.41) is 19.6. The van der Waals surface area contributed by atoms with Gasteiger partial charge in [0.05, 0.1) is 19.3 Å². The fraction of sp³-hybridized carbons (Fsp3) is 0.125. The van der Waals surface area contributed by atoms with Crippen molar-refractivity contribution in [3.8, 4) is 11.5 Å². The molecule has 7 nitrogen and oxygen atoms in total. The number of phenols is 1.